The van der Waals surface area contributed by atoms with Crippen molar-refractivity contribution in [3.8, 4) is 11.5 Å². The second-order valence-corrected chi connectivity index (χ2v) is 4.86. The van der Waals surface area contributed by atoms with Gasteiger partial charge in [0.15, 0.2) is 11.5 Å². The fraction of sp³-hybridized carbons (Fsp3) is 0.417. The van der Waals surface area contributed by atoms with E-state index in [1.807, 2.05) is 6.07 Å². The number of hydrogen-bond acceptors (Lipinski definition) is 4. The number of hydrogen-bond donors (Lipinski definition) is 2. The van der Waals surface area contributed by atoms with Crippen LogP contribution in [0.1, 0.15) is 17.9 Å². The average molecular weight is 270 g/mol. The van der Waals surface area contributed by atoms with E-state index in [1.54, 1.807) is 11.5 Å². The Morgan fingerprint density at radius 2 is 2.17 bits per heavy atom. The van der Waals surface area contributed by atoms with Crippen LogP contribution in [0.2, 0.25) is 5.02 Å². The highest BCUT2D eigenvalue weighted by molar-refractivity contribution is 6.32. The van der Waals surface area contributed by atoms with Crippen molar-refractivity contribution >= 4 is 17.5 Å². The van der Waals surface area contributed by atoms with Crippen molar-refractivity contribution in [2.75, 3.05) is 13.2 Å². The summed E-state index contributed by atoms with van der Waals surface area (Å²) in [6.45, 7) is 0.989. The third-order valence-corrected chi connectivity index (χ3v) is 3.57. The highest BCUT2D eigenvalue weighted by atomic mass is 35.5. The molecule has 96 valence electrons. The van der Waals surface area contributed by atoms with Gasteiger partial charge in [-0.1, -0.05) is 11.6 Å². The zero-order valence-electron chi connectivity index (χ0n) is 9.48. The summed E-state index contributed by atoms with van der Waals surface area (Å²) in [4.78, 5) is 11.3. The largest absolute Gasteiger partial charge is 0.486 e. The molecule has 5 nitrogen and oxygen atoms in total. The number of carbonyl (C=O) groups excluding carboxylic acids is 1. The number of ether oxygens (including phenoxy) is 2. The molecule has 1 heterocycles. The second kappa shape index (κ2) is 4.33. The standard InChI is InChI=1S/C12H12ClNO4/c13-9-3-6(7-5-8(7)12(15)14-16)4-10-11(9)18-2-1-17-10/h3-4,7-8,16H,1-2,5H2,(H,14,15). The first-order valence-electron chi connectivity index (χ1n) is 5.73. The summed E-state index contributed by atoms with van der Waals surface area (Å²) in [6, 6.07) is 3.65. The second-order valence-electron chi connectivity index (χ2n) is 4.45. The Bertz CT molecular complexity index is 505. The van der Waals surface area contributed by atoms with Crippen LogP contribution in [0.3, 0.4) is 0 Å². The Labute approximate surface area is 109 Å². The Morgan fingerprint density at radius 3 is 2.94 bits per heavy atom. The number of carbonyl (C=O) groups is 1. The molecule has 0 saturated heterocycles. The molecule has 1 fully saturated rings. The summed E-state index contributed by atoms with van der Waals surface area (Å²) < 4.78 is 10.9. The molecule has 2 N–H and O–H groups in total. The van der Waals surface area contributed by atoms with Crippen molar-refractivity contribution in [3.05, 3.63) is 22.7 Å². The van der Waals surface area contributed by atoms with Crippen LogP contribution >= 0.6 is 11.6 Å². The van der Waals surface area contributed by atoms with Gasteiger partial charge in [-0.05, 0) is 30.0 Å². The number of rotatable bonds is 2. The minimum atomic E-state index is -0.356. The Hall–Kier alpha value is -1.46. The van der Waals surface area contributed by atoms with Crippen LogP contribution in [0.25, 0.3) is 0 Å². The maximum Gasteiger partial charge on any atom is 0.247 e. The van der Waals surface area contributed by atoms with Crippen LogP contribution in [0.4, 0.5) is 0 Å². The maximum absolute atomic E-state index is 11.3. The first kappa shape index (κ1) is 11.6. The van der Waals surface area contributed by atoms with Crippen LogP contribution in [0.15, 0.2) is 12.1 Å². The zero-order chi connectivity index (χ0) is 12.7. The molecule has 1 aliphatic carbocycles. The number of benzene rings is 1. The lowest BCUT2D eigenvalue weighted by Gasteiger charge is -2.20. The van der Waals surface area contributed by atoms with E-state index in [1.165, 1.54) is 0 Å². The summed E-state index contributed by atoms with van der Waals surface area (Å²) in [5, 5.41) is 9.08. The van der Waals surface area contributed by atoms with Gasteiger partial charge in [-0.3, -0.25) is 10.0 Å². The van der Waals surface area contributed by atoms with E-state index in [-0.39, 0.29) is 17.7 Å². The van der Waals surface area contributed by atoms with E-state index in [0.717, 1.165) is 5.56 Å². The van der Waals surface area contributed by atoms with Gasteiger partial charge in [-0.15, -0.1) is 0 Å². The van der Waals surface area contributed by atoms with Crippen molar-refractivity contribution < 1.29 is 19.5 Å². The SMILES string of the molecule is O=C(NO)C1CC1c1cc(Cl)c2c(c1)OCCO2. The third-order valence-electron chi connectivity index (χ3n) is 3.28. The normalized spacial score (nSPS) is 24.6. The lowest BCUT2D eigenvalue weighted by atomic mass is 10.1. The quantitative estimate of drug-likeness (QED) is 0.634. The van der Waals surface area contributed by atoms with E-state index < -0.39 is 0 Å². The van der Waals surface area contributed by atoms with Crippen molar-refractivity contribution in [1.82, 2.24) is 5.48 Å². The molecule has 6 heteroatoms. The predicted molar refractivity (Wildman–Crippen MR) is 63.2 cm³/mol. The number of amides is 1. The molecule has 1 aromatic rings. The number of halogens is 1. The molecule has 2 unspecified atom stereocenters. The van der Waals surface area contributed by atoms with Crippen LogP contribution in [0.5, 0.6) is 11.5 Å². The van der Waals surface area contributed by atoms with E-state index in [2.05, 4.69) is 0 Å². The van der Waals surface area contributed by atoms with Gasteiger partial charge in [-0.2, -0.15) is 0 Å². The molecule has 0 spiro atoms. The van der Waals surface area contributed by atoms with Gasteiger partial charge in [0.25, 0.3) is 0 Å². The van der Waals surface area contributed by atoms with Gasteiger partial charge in [0.1, 0.15) is 13.2 Å². The van der Waals surface area contributed by atoms with Crippen LogP contribution in [0, 0.1) is 5.92 Å². The fourth-order valence-electron chi connectivity index (χ4n) is 2.28. The molecule has 1 saturated carbocycles. The minimum absolute atomic E-state index is 0.0884. The summed E-state index contributed by atoms with van der Waals surface area (Å²) in [7, 11) is 0. The minimum Gasteiger partial charge on any atom is -0.486 e. The van der Waals surface area contributed by atoms with E-state index in [0.29, 0.717) is 36.2 Å². The highest BCUT2D eigenvalue weighted by Crippen LogP contribution is 2.51. The molecule has 0 bridgehead atoms. The van der Waals surface area contributed by atoms with Gasteiger partial charge in [0.05, 0.1) is 5.02 Å². The first-order valence-corrected chi connectivity index (χ1v) is 6.11. The molecule has 1 aromatic carbocycles. The van der Waals surface area contributed by atoms with E-state index in [4.69, 9.17) is 26.3 Å². The van der Waals surface area contributed by atoms with Crippen molar-refractivity contribution in [1.29, 1.82) is 0 Å². The topological polar surface area (TPSA) is 67.8 Å². The Kier molecular flexibility index (Phi) is 2.80. The zero-order valence-corrected chi connectivity index (χ0v) is 10.2. The lowest BCUT2D eigenvalue weighted by molar-refractivity contribution is -0.130. The van der Waals surface area contributed by atoms with E-state index in [9.17, 15) is 4.79 Å². The Balaban J connectivity index is 1.86. The van der Waals surface area contributed by atoms with Crippen LogP contribution in [-0.4, -0.2) is 24.3 Å². The van der Waals surface area contributed by atoms with Gasteiger partial charge in [-0.25, -0.2) is 5.48 Å². The van der Waals surface area contributed by atoms with Gasteiger partial charge in [0, 0.05) is 5.92 Å². The van der Waals surface area contributed by atoms with Gasteiger partial charge < -0.3 is 9.47 Å². The van der Waals surface area contributed by atoms with Crippen LogP contribution in [-0.2, 0) is 4.79 Å². The molecule has 3 rings (SSSR count). The predicted octanol–water partition coefficient (Wildman–Crippen LogP) is 1.72. The molecule has 2 aliphatic rings. The molecule has 0 radical (unpaired) electrons. The summed E-state index contributed by atoms with van der Waals surface area (Å²) in [5.41, 5.74) is 2.62. The summed E-state index contributed by atoms with van der Waals surface area (Å²) in [6.07, 6.45) is 0.711. The molecule has 1 aliphatic heterocycles. The molecular weight excluding hydrogens is 258 g/mol. The number of hydroxylamine groups is 1. The smallest absolute Gasteiger partial charge is 0.247 e. The maximum atomic E-state index is 11.3. The van der Waals surface area contributed by atoms with Crippen molar-refractivity contribution in [2.24, 2.45) is 5.92 Å². The highest BCUT2D eigenvalue weighted by Gasteiger charge is 2.44. The van der Waals surface area contributed by atoms with Crippen molar-refractivity contribution in [3.63, 3.8) is 0 Å². The third kappa shape index (κ3) is 1.89. The van der Waals surface area contributed by atoms with Crippen molar-refractivity contribution in [2.45, 2.75) is 12.3 Å². The molecule has 18 heavy (non-hydrogen) atoms. The summed E-state index contributed by atoms with van der Waals surface area (Å²) >= 11 is 6.13. The monoisotopic (exact) mass is 269 g/mol. The molecule has 2 atom stereocenters. The Morgan fingerprint density at radius 1 is 1.39 bits per heavy atom. The van der Waals surface area contributed by atoms with Gasteiger partial charge >= 0.3 is 0 Å². The molecular formula is C12H12ClNO4. The van der Waals surface area contributed by atoms with Gasteiger partial charge in [0.2, 0.25) is 5.91 Å². The fourth-order valence-corrected chi connectivity index (χ4v) is 2.55. The number of nitrogens with one attached hydrogen (secondary N) is 1. The molecule has 0 aromatic heterocycles. The first-order chi connectivity index (χ1) is 8.70. The number of fused-ring (bicyclic) bond motifs is 1. The average Bonchev–Trinajstić information content (AvgIpc) is 3.18. The summed E-state index contributed by atoms with van der Waals surface area (Å²) in [5.74, 6) is 0.736. The lowest BCUT2D eigenvalue weighted by Crippen LogP contribution is -2.21. The van der Waals surface area contributed by atoms with E-state index >= 15 is 0 Å². The molecule has 1 amide bonds. The van der Waals surface area contributed by atoms with Crippen LogP contribution < -0.4 is 15.0 Å².